The third-order valence-corrected chi connectivity index (χ3v) is 2.43. The van der Waals surface area contributed by atoms with E-state index < -0.39 is 11.9 Å². The molecule has 0 radical (unpaired) electrons. The van der Waals surface area contributed by atoms with Gasteiger partial charge in [-0.05, 0) is 31.9 Å². The number of hydrogen-bond donors (Lipinski definition) is 1. The lowest BCUT2D eigenvalue weighted by Crippen LogP contribution is -2.01. The molecular weight excluding hydrogens is 223 g/mol. The molecular formula is C13H19FO3. The Hall–Kier alpha value is -1.13. The SMILES string of the molecule is COCCCCOc1ccc(C(C)O)c(F)c1. The van der Waals surface area contributed by atoms with Crippen LogP contribution in [0.1, 0.15) is 31.4 Å². The molecule has 0 saturated heterocycles. The molecule has 0 saturated carbocycles. The van der Waals surface area contributed by atoms with E-state index in [1.807, 2.05) is 0 Å². The van der Waals surface area contributed by atoms with Crippen LogP contribution in [0.4, 0.5) is 4.39 Å². The van der Waals surface area contributed by atoms with E-state index in [4.69, 9.17) is 9.47 Å². The van der Waals surface area contributed by atoms with Crippen molar-refractivity contribution in [1.82, 2.24) is 0 Å². The summed E-state index contributed by atoms with van der Waals surface area (Å²) in [4.78, 5) is 0. The molecule has 3 nitrogen and oxygen atoms in total. The molecule has 1 unspecified atom stereocenters. The molecule has 0 aromatic heterocycles. The first-order valence-corrected chi connectivity index (χ1v) is 5.74. The molecule has 17 heavy (non-hydrogen) atoms. The van der Waals surface area contributed by atoms with Gasteiger partial charge in [-0.1, -0.05) is 0 Å². The largest absolute Gasteiger partial charge is 0.493 e. The minimum atomic E-state index is -0.800. The molecule has 0 aliphatic rings. The molecule has 1 aromatic rings. The van der Waals surface area contributed by atoms with Gasteiger partial charge in [0.2, 0.25) is 0 Å². The van der Waals surface area contributed by atoms with E-state index in [1.165, 1.54) is 13.0 Å². The second kappa shape index (κ2) is 7.25. The first-order valence-electron chi connectivity index (χ1n) is 5.74. The van der Waals surface area contributed by atoms with Crippen LogP contribution in [-0.2, 0) is 4.74 Å². The van der Waals surface area contributed by atoms with Crippen LogP contribution in [0.15, 0.2) is 18.2 Å². The minimum Gasteiger partial charge on any atom is -0.493 e. The Morgan fingerprint density at radius 2 is 2.00 bits per heavy atom. The minimum absolute atomic E-state index is 0.289. The molecule has 0 bridgehead atoms. The summed E-state index contributed by atoms with van der Waals surface area (Å²) >= 11 is 0. The van der Waals surface area contributed by atoms with Gasteiger partial charge in [0.25, 0.3) is 0 Å². The second-order valence-electron chi connectivity index (χ2n) is 3.91. The van der Waals surface area contributed by atoms with Gasteiger partial charge in [-0.2, -0.15) is 0 Å². The lowest BCUT2D eigenvalue weighted by molar-refractivity contribution is 0.183. The predicted octanol–water partition coefficient (Wildman–Crippen LogP) is 2.68. The maximum absolute atomic E-state index is 13.5. The Labute approximate surface area is 101 Å². The number of halogens is 1. The van der Waals surface area contributed by atoms with Crippen LogP contribution >= 0.6 is 0 Å². The van der Waals surface area contributed by atoms with Crippen molar-refractivity contribution >= 4 is 0 Å². The van der Waals surface area contributed by atoms with E-state index in [1.54, 1.807) is 19.2 Å². The maximum Gasteiger partial charge on any atom is 0.132 e. The van der Waals surface area contributed by atoms with Crippen molar-refractivity contribution in [3.05, 3.63) is 29.6 Å². The average molecular weight is 242 g/mol. The van der Waals surface area contributed by atoms with Crippen LogP contribution in [0.25, 0.3) is 0 Å². The number of hydrogen-bond acceptors (Lipinski definition) is 3. The van der Waals surface area contributed by atoms with E-state index in [-0.39, 0.29) is 5.56 Å². The van der Waals surface area contributed by atoms with E-state index in [2.05, 4.69) is 0 Å². The highest BCUT2D eigenvalue weighted by atomic mass is 19.1. The van der Waals surface area contributed by atoms with Gasteiger partial charge in [0.15, 0.2) is 0 Å². The highest BCUT2D eigenvalue weighted by Crippen LogP contribution is 2.21. The quantitative estimate of drug-likeness (QED) is 0.747. The van der Waals surface area contributed by atoms with Gasteiger partial charge in [-0.25, -0.2) is 4.39 Å². The fourth-order valence-electron chi connectivity index (χ4n) is 1.47. The van der Waals surface area contributed by atoms with E-state index in [9.17, 15) is 9.50 Å². The number of unbranched alkanes of at least 4 members (excludes halogenated alkanes) is 1. The Morgan fingerprint density at radius 1 is 1.29 bits per heavy atom. The van der Waals surface area contributed by atoms with Gasteiger partial charge in [-0.15, -0.1) is 0 Å². The van der Waals surface area contributed by atoms with Crippen molar-refractivity contribution in [3.63, 3.8) is 0 Å². The van der Waals surface area contributed by atoms with Crippen LogP contribution in [0.2, 0.25) is 0 Å². The van der Waals surface area contributed by atoms with Crippen molar-refractivity contribution in [1.29, 1.82) is 0 Å². The Morgan fingerprint density at radius 3 is 2.59 bits per heavy atom. The van der Waals surface area contributed by atoms with Crippen molar-refractivity contribution in [3.8, 4) is 5.75 Å². The van der Waals surface area contributed by atoms with Gasteiger partial charge in [0.1, 0.15) is 11.6 Å². The fraction of sp³-hybridized carbons (Fsp3) is 0.538. The Kier molecular flexibility index (Phi) is 5.94. The first kappa shape index (κ1) is 13.9. The van der Waals surface area contributed by atoms with Crippen LogP contribution in [0, 0.1) is 5.82 Å². The Balaban J connectivity index is 2.42. The van der Waals surface area contributed by atoms with Crippen LogP contribution < -0.4 is 4.74 Å². The second-order valence-corrected chi connectivity index (χ2v) is 3.91. The fourth-order valence-corrected chi connectivity index (χ4v) is 1.47. The molecule has 0 spiro atoms. The number of aliphatic hydroxyl groups is 1. The molecule has 0 heterocycles. The number of ether oxygens (including phenoxy) is 2. The summed E-state index contributed by atoms with van der Waals surface area (Å²) in [6.07, 6.45) is 0.990. The summed E-state index contributed by atoms with van der Waals surface area (Å²) in [5.74, 6) is 0.0544. The molecule has 0 amide bonds. The molecule has 1 rings (SSSR count). The molecule has 4 heteroatoms. The first-order chi connectivity index (χ1) is 8.15. The van der Waals surface area contributed by atoms with E-state index >= 15 is 0 Å². The number of aliphatic hydroxyl groups excluding tert-OH is 1. The molecule has 0 fully saturated rings. The van der Waals surface area contributed by atoms with Gasteiger partial charge in [0.05, 0.1) is 12.7 Å². The van der Waals surface area contributed by atoms with E-state index in [0.717, 1.165) is 12.8 Å². The summed E-state index contributed by atoms with van der Waals surface area (Å²) in [5.41, 5.74) is 0.289. The van der Waals surface area contributed by atoms with Crippen molar-refractivity contribution in [2.75, 3.05) is 20.3 Å². The average Bonchev–Trinajstić information content (AvgIpc) is 2.28. The lowest BCUT2D eigenvalue weighted by atomic mass is 10.1. The third kappa shape index (κ3) is 4.71. The third-order valence-electron chi connectivity index (χ3n) is 2.43. The van der Waals surface area contributed by atoms with Crippen molar-refractivity contribution in [2.24, 2.45) is 0 Å². The Bertz CT molecular complexity index is 339. The molecule has 1 N–H and O–H groups in total. The summed E-state index contributed by atoms with van der Waals surface area (Å²) in [6, 6.07) is 4.52. The topological polar surface area (TPSA) is 38.7 Å². The number of benzene rings is 1. The molecule has 1 atom stereocenters. The maximum atomic E-state index is 13.5. The van der Waals surface area contributed by atoms with Crippen LogP contribution in [-0.4, -0.2) is 25.4 Å². The van der Waals surface area contributed by atoms with Gasteiger partial charge < -0.3 is 14.6 Å². The van der Waals surface area contributed by atoms with Gasteiger partial charge >= 0.3 is 0 Å². The normalized spacial score (nSPS) is 12.5. The summed E-state index contributed by atoms with van der Waals surface area (Å²) in [7, 11) is 1.66. The smallest absolute Gasteiger partial charge is 0.132 e. The molecule has 1 aromatic carbocycles. The zero-order valence-corrected chi connectivity index (χ0v) is 10.3. The highest BCUT2D eigenvalue weighted by Gasteiger charge is 2.08. The van der Waals surface area contributed by atoms with Crippen LogP contribution in [0.5, 0.6) is 5.75 Å². The van der Waals surface area contributed by atoms with E-state index in [0.29, 0.717) is 19.0 Å². The van der Waals surface area contributed by atoms with Crippen LogP contribution in [0.3, 0.4) is 0 Å². The van der Waals surface area contributed by atoms with Gasteiger partial charge in [0, 0.05) is 25.3 Å². The van der Waals surface area contributed by atoms with Gasteiger partial charge in [-0.3, -0.25) is 0 Å². The molecule has 0 aliphatic carbocycles. The van der Waals surface area contributed by atoms with Crippen molar-refractivity contribution < 1.29 is 19.0 Å². The zero-order valence-electron chi connectivity index (χ0n) is 10.3. The molecule has 0 aliphatic heterocycles. The number of rotatable bonds is 7. The summed E-state index contributed by atoms with van der Waals surface area (Å²) in [5, 5.41) is 9.27. The predicted molar refractivity (Wildman–Crippen MR) is 63.6 cm³/mol. The zero-order chi connectivity index (χ0) is 12.7. The molecule has 96 valence electrons. The lowest BCUT2D eigenvalue weighted by Gasteiger charge is -2.09. The number of methoxy groups -OCH3 is 1. The summed E-state index contributed by atoms with van der Waals surface area (Å²) < 4.78 is 23.8. The standard InChI is InChI=1S/C13H19FO3/c1-10(15)12-6-5-11(9-13(12)14)17-8-4-3-7-16-2/h5-6,9-10,15H,3-4,7-8H2,1-2H3. The summed E-state index contributed by atoms with van der Waals surface area (Å²) in [6.45, 7) is 2.78. The van der Waals surface area contributed by atoms with Crippen molar-refractivity contribution in [2.45, 2.75) is 25.9 Å². The highest BCUT2D eigenvalue weighted by molar-refractivity contribution is 5.29. The monoisotopic (exact) mass is 242 g/mol.